The van der Waals surface area contributed by atoms with Crippen LogP contribution in [0.5, 0.6) is 0 Å². The number of nitrogens with zero attached hydrogens (tertiary/aromatic N) is 4. The summed E-state index contributed by atoms with van der Waals surface area (Å²) in [6, 6.07) is 15.6. The molecule has 2 aliphatic heterocycles. The summed E-state index contributed by atoms with van der Waals surface area (Å²) in [7, 11) is 0. The van der Waals surface area contributed by atoms with Crippen molar-refractivity contribution in [2.24, 2.45) is 5.92 Å². The number of thioether (sulfide) groups is 1. The molecule has 34 heavy (non-hydrogen) atoms. The van der Waals surface area contributed by atoms with Gasteiger partial charge in [0.1, 0.15) is 0 Å². The maximum absolute atomic E-state index is 12.8. The van der Waals surface area contributed by atoms with E-state index in [9.17, 15) is 14.4 Å². The number of hydrogen-bond donors (Lipinski definition) is 1. The Labute approximate surface area is 205 Å². The number of benzene rings is 2. The minimum Gasteiger partial charge on any atom is -0.311 e. The highest BCUT2D eigenvalue weighted by atomic mass is 32.2. The van der Waals surface area contributed by atoms with Crippen LogP contribution in [-0.4, -0.2) is 46.8 Å². The monoisotopic (exact) mass is 493 g/mol. The van der Waals surface area contributed by atoms with Gasteiger partial charge in [0.25, 0.3) is 0 Å². The lowest BCUT2D eigenvalue weighted by molar-refractivity contribution is -0.122. The number of anilines is 3. The predicted molar refractivity (Wildman–Crippen MR) is 133 cm³/mol. The van der Waals surface area contributed by atoms with Crippen molar-refractivity contribution in [3.63, 3.8) is 0 Å². The topological polar surface area (TPSA) is 95.5 Å². The van der Waals surface area contributed by atoms with Crippen LogP contribution >= 0.6 is 23.1 Å². The number of carbonyl (C=O) groups is 3. The first kappa shape index (κ1) is 22.5. The summed E-state index contributed by atoms with van der Waals surface area (Å²) in [6.07, 6.45) is 1.03. The fourth-order valence-electron chi connectivity index (χ4n) is 4.31. The summed E-state index contributed by atoms with van der Waals surface area (Å²) >= 11 is 2.54. The summed E-state index contributed by atoms with van der Waals surface area (Å²) in [5.41, 5.74) is 4.00. The minimum atomic E-state index is -0.455. The van der Waals surface area contributed by atoms with Crippen LogP contribution in [0.2, 0.25) is 0 Å². The molecule has 10 heteroatoms. The number of amides is 3. The van der Waals surface area contributed by atoms with Crippen LogP contribution in [0.1, 0.15) is 17.5 Å². The molecule has 0 spiro atoms. The molecule has 1 aromatic heterocycles. The van der Waals surface area contributed by atoms with Crippen molar-refractivity contribution in [2.45, 2.75) is 24.1 Å². The molecule has 0 unspecified atom stereocenters. The van der Waals surface area contributed by atoms with Crippen molar-refractivity contribution in [3.05, 3.63) is 59.7 Å². The molecule has 1 saturated heterocycles. The first-order valence-electron chi connectivity index (χ1n) is 11.0. The van der Waals surface area contributed by atoms with Crippen LogP contribution in [0.3, 0.4) is 0 Å². The van der Waals surface area contributed by atoms with Gasteiger partial charge in [-0.05, 0) is 36.6 Å². The highest BCUT2D eigenvalue weighted by Crippen LogP contribution is 2.32. The summed E-state index contributed by atoms with van der Waals surface area (Å²) in [4.78, 5) is 41.5. The molecule has 1 atom stereocenters. The molecule has 1 fully saturated rings. The lowest BCUT2D eigenvalue weighted by Gasteiger charge is -2.18. The summed E-state index contributed by atoms with van der Waals surface area (Å²) in [5.74, 6) is -0.494. The molecule has 2 aromatic carbocycles. The number of fused-ring (bicyclic) bond motifs is 1. The molecule has 174 valence electrons. The third kappa shape index (κ3) is 4.55. The van der Waals surface area contributed by atoms with Crippen molar-refractivity contribution < 1.29 is 14.4 Å². The van der Waals surface area contributed by atoms with Crippen LogP contribution in [0.4, 0.5) is 16.5 Å². The summed E-state index contributed by atoms with van der Waals surface area (Å²) < 4.78 is 0.611. The third-order valence-corrected chi connectivity index (χ3v) is 8.00. The molecule has 1 N–H and O–H groups in total. The van der Waals surface area contributed by atoms with Crippen LogP contribution in [0, 0.1) is 12.8 Å². The molecule has 3 heterocycles. The van der Waals surface area contributed by atoms with Gasteiger partial charge in [-0.2, -0.15) is 0 Å². The number of para-hydroxylation sites is 2. The Bertz CT molecular complexity index is 1260. The van der Waals surface area contributed by atoms with Gasteiger partial charge in [-0.15, -0.1) is 10.2 Å². The van der Waals surface area contributed by atoms with Gasteiger partial charge in [-0.3, -0.25) is 14.4 Å². The van der Waals surface area contributed by atoms with Gasteiger partial charge in [-0.25, -0.2) is 0 Å². The highest BCUT2D eigenvalue weighted by molar-refractivity contribution is 8.01. The SMILES string of the molecule is Cc1ccccc1N1C[C@@H](C(=O)Nc2nnc(SCC(=O)N3CCc4ccccc43)s2)CC1=O. The molecule has 8 nitrogen and oxygen atoms in total. The maximum atomic E-state index is 12.8. The molecule has 3 aromatic rings. The van der Waals surface area contributed by atoms with E-state index in [0.29, 0.717) is 22.6 Å². The molecule has 3 amide bonds. The van der Waals surface area contributed by atoms with Gasteiger partial charge >= 0.3 is 0 Å². The van der Waals surface area contributed by atoms with E-state index < -0.39 is 5.92 Å². The summed E-state index contributed by atoms with van der Waals surface area (Å²) in [5, 5.41) is 11.3. The van der Waals surface area contributed by atoms with Gasteiger partial charge in [0.15, 0.2) is 4.34 Å². The second-order valence-corrected chi connectivity index (χ2v) is 10.5. The van der Waals surface area contributed by atoms with E-state index in [1.807, 2.05) is 60.4 Å². The fraction of sp³-hybridized carbons (Fsp3) is 0.292. The molecular formula is C24H23N5O3S2. The molecular weight excluding hydrogens is 470 g/mol. The van der Waals surface area contributed by atoms with Crippen LogP contribution in [0.25, 0.3) is 0 Å². The van der Waals surface area contributed by atoms with E-state index in [1.54, 1.807) is 4.90 Å². The van der Waals surface area contributed by atoms with E-state index in [1.165, 1.54) is 28.7 Å². The van der Waals surface area contributed by atoms with Gasteiger partial charge in [0, 0.05) is 30.9 Å². The van der Waals surface area contributed by atoms with E-state index in [0.717, 1.165) is 23.4 Å². The minimum absolute atomic E-state index is 0.0245. The van der Waals surface area contributed by atoms with Gasteiger partial charge < -0.3 is 15.1 Å². The Morgan fingerprint density at radius 3 is 2.71 bits per heavy atom. The normalized spacial score (nSPS) is 17.2. The second-order valence-electron chi connectivity index (χ2n) is 8.27. The molecule has 5 rings (SSSR count). The average Bonchev–Trinajstić information content (AvgIpc) is 3.56. The number of nitrogens with one attached hydrogen (secondary N) is 1. The van der Waals surface area contributed by atoms with Crippen molar-refractivity contribution in [2.75, 3.05) is 34.0 Å². The third-order valence-electron chi connectivity index (χ3n) is 6.05. The largest absolute Gasteiger partial charge is 0.311 e. The van der Waals surface area contributed by atoms with E-state index in [2.05, 4.69) is 15.5 Å². The summed E-state index contributed by atoms with van der Waals surface area (Å²) in [6.45, 7) is 2.97. The molecule has 0 bridgehead atoms. The van der Waals surface area contributed by atoms with E-state index in [-0.39, 0.29) is 29.9 Å². The smallest absolute Gasteiger partial charge is 0.237 e. The molecule has 0 saturated carbocycles. The van der Waals surface area contributed by atoms with Crippen molar-refractivity contribution in [1.82, 2.24) is 10.2 Å². The molecule has 2 aliphatic rings. The van der Waals surface area contributed by atoms with Crippen molar-refractivity contribution >= 4 is 57.3 Å². The number of carbonyl (C=O) groups excluding carboxylic acids is 3. The average molecular weight is 494 g/mol. The Morgan fingerprint density at radius 1 is 1.12 bits per heavy atom. The lowest BCUT2D eigenvalue weighted by Crippen LogP contribution is -2.30. The highest BCUT2D eigenvalue weighted by Gasteiger charge is 2.36. The van der Waals surface area contributed by atoms with E-state index >= 15 is 0 Å². The Kier molecular flexibility index (Phi) is 6.34. The zero-order valence-electron chi connectivity index (χ0n) is 18.6. The standard InChI is InChI=1S/C24H23N5O3S2/c1-15-6-2-4-8-18(15)29-13-17(12-20(29)30)22(32)25-23-26-27-24(34-23)33-14-21(31)28-11-10-16-7-3-5-9-19(16)28/h2-9,17H,10-14H2,1H3,(H,25,26,32)/t17-/m0/s1. The van der Waals surface area contributed by atoms with Crippen LogP contribution in [0.15, 0.2) is 52.9 Å². The van der Waals surface area contributed by atoms with Gasteiger partial charge in [0.2, 0.25) is 22.9 Å². The number of hydrogen-bond acceptors (Lipinski definition) is 7. The lowest BCUT2D eigenvalue weighted by atomic mass is 10.1. The first-order valence-corrected chi connectivity index (χ1v) is 12.8. The number of rotatable bonds is 6. The Hall–Kier alpha value is -3.24. The predicted octanol–water partition coefficient (Wildman–Crippen LogP) is 3.52. The first-order chi connectivity index (χ1) is 16.5. The Balaban J connectivity index is 1.15. The molecule has 0 radical (unpaired) electrons. The van der Waals surface area contributed by atoms with Crippen molar-refractivity contribution in [3.8, 4) is 0 Å². The van der Waals surface area contributed by atoms with Gasteiger partial charge in [0.05, 0.1) is 11.7 Å². The number of aromatic nitrogens is 2. The zero-order valence-corrected chi connectivity index (χ0v) is 20.2. The zero-order chi connectivity index (χ0) is 23.7. The fourth-order valence-corrected chi connectivity index (χ4v) is 5.94. The van der Waals surface area contributed by atoms with Gasteiger partial charge in [-0.1, -0.05) is 59.5 Å². The van der Waals surface area contributed by atoms with Crippen LogP contribution < -0.4 is 15.1 Å². The Morgan fingerprint density at radius 2 is 1.88 bits per heavy atom. The quantitative estimate of drug-likeness (QED) is 0.417. The second kappa shape index (κ2) is 9.55. The van der Waals surface area contributed by atoms with E-state index in [4.69, 9.17) is 0 Å². The molecule has 0 aliphatic carbocycles. The van der Waals surface area contributed by atoms with Crippen molar-refractivity contribution in [1.29, 1.82) is 0 Å². The van der Waals surface area contributed by atoms with Crippen LogP contribution in [-0.2, 0) is 20.8 Å². The maximum Gasteiger partial charge on any atom is 0.237 e. The number of aryl methyl sites for hydroxylation is 1.